The average Bonchev–Trinajstić information content (AvgIpc) is 2.52. The minimum atomic E-state index is -0.480. The van der Waals surface area contributed by atoms with E-state index in [1.807, 2.05) is 10.9 Å². The van der Waals surface area contributed by atoms with E-state index in [0.717, 1.165) is 0 Å². The van der Waals surface area contributed by atoms with Crippen LogP contribution in [0, 0.1) is 13.8 Å². The molecule has 0 aliphatic heterocycles. The fourth-order valence-corrected chi connectivity index (χ4v) is 1.46. The summed E-state index contributed by atoms with van der Waals surface area (Å²) in [7, 11) is 0. The third-order valence-corrected chi connectivity index (χ3v) is 2.15. The number of aryl methyl sites for hydroxylation is 1. The van der Waals surface area contributed by atoms with Gasteiger partial charge in [-0.05, 0) is 19.4 Å². The number of carbonyl (C=O) groups is 2. The van der Waals surface area contributed by atoms with Gasteiger partial charge in [-0.15, -0.1) is 0 Å². The first-order valence-corrected chi connectivity index (χ1v) is 4.24. The Kier molecular flexibility index (Phi) is 3.08. The van der Waals surface area contributed by atoms with Crippen LogP contribution in [0.1, 0.15) is 32.1 Å². The molecule has 0 fully saturated rings. The number of hydrogen-bond acceptors (Lipinski definition) is 4. The van der Waals surface area contributed by atoms with E-state index in [-0.39, 0.29) is 5.69 Å². The van der Waals surface area contributed by atoms with Crippen molar-refractivity contribution in [2.24, 2.45) is 11.7 Å². The number of hydrogen-bond donors (Lipinski definition) is 5. The molecule has 0 aliphatic rings. The number of nitrogens with two attached hydrogens (primary N) is 2. The Balaban J connectivity index is 3.26. The highest BCUT2D eigenvalue weighted by atomic mass is 16.2. The SMILES string of the molecule is Cc1[nH]c(C(=O)NN)c(C)c1C(=O)NN. The van der Waals surface area contributed by atoms with E-state index in [2.05, 4.69) is 4.98 Å². The second-order valence-electron chi connectivity index (χ2n) is 3.07. The molecule has 0 aromatic carbocycles. The molecular weight excluding hydrogens is 198 g/mol. The highest BCUT2D eigenvalue weighted by Crippen LogP contribution is 2.17. The van der Waals surface area contributed by atoms with Crippen molar-refractivity contribution in [3.05, 3.63) is 22.5 Å². The maximum Gasteiger partial charge on any atom is 0.281 e. The highest BCUT2D eigenvalue weighted by molar-refractivity contribution is 6.02. The van der Waals surface area contributed by atoms with Crippen LogP contribution in [0.25, 0.3) is 0 Å². The number of hydrazine groups is 2. The van der Waals surface area contributed by atoms with Crippen LogP contribution in [0.3, 0.4) is 0 Å². The van der Waals surface area contributed by atoms with Gasteiger partial charge < -0.3 is 4.98 Å². The molecule has 0 atom stereocenters. The zero-order valence-electron chi connectivity index (χ0n) is 8.47. The van der Waals surface area contributed by atoms with E-state index in [4.69, 9.17) is 11.7 Å². The van der Waals surface area contributed by atoms with Gasteiger partial charge in [0.1, 0.15) is 5.69 Å². The second kappa shape index (κ2) is 4.11. The van der Waals surface area contributed by atoms with Gasteiger partial charge in [0, 0.05) is 5.69 Å². The average molecular weight is 211 g/mol. The van der Waals surface area contributed by atoms with Crippen molar-refractivity contribution in [2.75, 3.05) is 0 Å². The van der Waals surface area contributed by atoms with Gasteiger partial charge in [0.25, 0.3) is 11.8 Å². The molecule has 0 unspecified atom stereocenters. The van der Waals surface area contributed by atoms with E-state index in [0.29, 0.717) is 16.8 Å². The van der Waals surface area contributed by atoms with Crippen molar-refractivity contribution in [3.8, 4) is 0 Å². The molecule has 7 heteroatoms. The van der Waals surface area contributed by atoms with Crippen molar-refractivity contribution in [1.82, 2.24) is 15.8 Å². The van der Waals surface area contributed by atoms with Gasteiger partial charge in [-0.3, -0.25) is 20.4 Å². The topological polar surface area (TPSA) is 126 Å². The molecule has 0 saturated carbocycles. The number of rotatable bonds is 2. The number of carbonyl (C=O) groups excluding carboxylic acids is 2. The third kappa shape index (κ3) is 1.83. The van der Waals surface area contributed by atoms with Gasteiger partial charge in [-0.1, -0.05) is 0 Å². The van der Waals surface area contributed by atoms with E-state index >= 15 is 0 Å². The summed E-state index contributed by atoms with van der Waals surface area (Å²) in [5.41, 5.74) is 5.69. The lowest BCUT2D eigenvalue weighted by molar-refractivity contribution is 0.0946. The smallest absolute Gasteiger partial charge is 0.281 e. The van der Waals surface area contributed by atoms with Gasteiger partial charge in [-0.2, -0.15) is 0 Å². The highest BCUT2D eigenvalue weighted by Gasteiger charge is 2.20. The van der Waals surface area contributed by atoms with Gasteiger partial charge in [0.15, 0.2) is 0 Å². The summed E-state index contributed by atoms with van der Waals surface area (Å²) < 4.78 is 0. The first-order chi connectivity index (χ1) is 7.02. The van der Waals surface area contributed by atoms with Crippen molar-refractivity contribution >= 4 is 11.8 Å². The van der Waals surface area contributed by atoms with Crippen LogP contribution in [-0.2, 0) is 0 Å². The van der Waals surface area contributed by atoms with E-state index in [1.165, 1.54) is 0 Å². The fraction of sp³-hybridized carbons (Fsp3) is 0.250. The lowest BCUT2D eigenvalue weighted by Gasteiger charge is -2.00. The Hall–Kier alpha value is -1.86. The van der Waals surface area contributed by atoms with Crippen LogP contribution in [0.2, 0.25) is 0 Å². The largest absolute Gasteiger partial charge is 0.354 e. The zero-order chi connectivity index (χ0) is 11.6. The normalized spacial score (nSPS) is 9.87. The van der Waals surface area contributed by atoms with Gasteiger partial charge >= 0.3 is 0 Å². The predicted octanol–water partition coefficient (Wildman–Crippen LogP) is -1.16. The molecule has 1 rings (SSSR count). The number of amides is 2. The molecule has 1 aromatic heterocycles. The van der Waals surface area contributed by atoms with Crippen molar-refractivity contribution < 1.29 is 9.59 Å². The lowest BCUT2D eigenvalue weighted by Crippen LogP contribution is -2.32. The number of H-pyrrole nitrogens is 1. The zero-order valence-corrected chi connectivity index (χ0v) is 8.47. The van der Waals surface area contributed by atoms with E-state index < -0.39 is 11.8 Å². The van der Waals surface area contributed by atoms with Crippen molar-refractivity contribution in [3.63, 3.8) is 0 Å². The van der Waals surface area contributed by atoms with Crippen molar-refractivity contribution in [2.45, 2.75) is 13.8 Å². The summed E-state index contributed by atoms with van der Waals surface area (Å²) >= 11 is 0. The second-order valence-corrected chi connectivity index (χ2v) is 3.07. The van der Waals surface area contributed by atoms with Crippen LogP contribution in [0.5, 0.6) is 0 Å². The Morgan fingerprint density at radius 2 is 1.67 bits per heavy atom. The van der Waals surface area contributed by atoms with Crippen molar-refractivity contribution in [1.29, 1.82) is 0 Å². The molecular formula is C8H13N5O2. The quantitative estimate of drug-likeness (QED) is 0.240. The number of nitrogens with one attached hydrogen (secondary N) is 3. The Labute approximate surface area is 86.1 Å². The standard InChI is InChI=1S/C8H13N5O2/c1-3-5(7(14)12-9)4(2)11-6(3)8(15)13-10/h11H,9-10H2,1-2H3,(H,12,14)(H,13,15). The Morgan fingerprint density at radius 1 is 1.13 bits per heavy atom. The summed E-state index contributed by atoms with van der Waals surface area (Å²) in [6.07, 6.45) is 0. The first kappa shape index (κ1) is 11.2. The molecule has 7 nitrogen and oxygen atoms in total. The molecule has 2 amide bonds. The van der Waals surface area contributed by atoms with Crippen LogP contribution in [-0.4, -0.2) is 16.8 Å². The first-order valence-electron chi connectivity index (χ1n) is 4.24. The van der Waals surface area contributed by atoms with Gasteiger partial charge in [0.05, 0.1) is 5.56 Å². The maximum atomic E-state index is 11.4. The molecule has 0 aliphatic carbocycles. The summed E-state index contributed by atoms with van der Waals surface area (Å²) in [4.78, 5) is 25.4. The third-order valence-electron chi connectivity index (χ3n) is 2.15. The van der Waals surface area contributed by atoms with E-state index in [9.17, 15) is 9.59 Å². The molecule has 0 radical (unpaired) electrons. The van der Waals surface area contributed by atoms with Crippen LogP contribution in [0.4, 0.5) is 0 Å². The Bertz CT molecular complexity index is 409. The number of aromatic amines is 1. The molecule has 1 aromatic rings. The summed E-state index contributed by atoms with van der Waals surface area (Å²) in [6, 6.07) is 0. The van der Waals surface area contributed by atoms with Crippen LogP contribution >= 0.6 is 0 Å². The fourth-order valence-electron chi connectivity index (χ4n) is 1.46. The van der Waals surface area contributed by atoms with Crippen LogP contribution < -0.4 is 22.5 Å². The Morgan fingerprint density at radius 3 is 2.13 bits per heavy atom. The van der Waals surface area contributed by atoms with Gasteiger partial charge in [-0.25, -0.2) is 11.7 Å². The molecule has 0 bridgehead atoms. The molecule has 0 saturated heterocycles. The number of nitrogen functional groups attached to an aromatic ring is 2. The minimum Gasteiger partial charge on any atom is -0.354 e. The van der Waals surface area contributed by atoms with E-state index in [1.54, 1.807) is 13.8 Å². The molecule has 1 heterocycles. The summed E-state index contributed by atoms with van der Waals surface area (Å²) in [6.45, 7) is 3.31. The molecule has 82 valence electrons. The summed E-state index contributed by atoms with van der Waals surface area (Å²) in [5.74, 6) is 9.09. The van der Waals surface area contributed by atoms with Crippen LogP contribution in [0.15, 0.2) is 0 Å². The van der Waals surface area contributed by atoms with Gasteiger partial charge in [0.2, 0.25) is 0 Å². The monoisotopic (exact) mass is 211 g/mol. The summed E-state index contributed by atoms with van der Waals surface area (Å²) in [5, 5.41) is 0. The minimum absolute atomic E-state index is 0.258. The lowest BCUT2D eigenvalue weighted by atomic mass is 10.1. The molecule has 7 N–H and O–H groups in total. The number of aromatic nitrogens is 1. The maximum absolute atomic E-state index is 11.4. The molecule has 15 heavy (non-hydrogen) atoms. The molecule has 0 spiro atoms. The predicted molar refractivity (Wildman–Crippen MR) is 53.6 cm³/mol.